The van der Waals surface area contributed by atoms with Crippen LogP contribution in [0, 0.1) is 6.92 Å². The van der Waals surface area contributed by atoms with Gasteiger partial charge in [-0.05, 0) is 58.2 Å². The highest BCUT2D eigenvalue weighted by Crippen LogP contribution is 2.17. The van der Waals surface area contributed by atoms with Crippen LogP contribution in [0.25, 0.3) is 0 Å². The van der Waals surface area contributed by atoms with Crippen LogP contribution in [-0.4, -0.2) is 10.9 Å². The van der Waals surface area contributed by atoms with Crippen LogP contribution in [-0.2, 0) is 6.61 Å². The molecule has 5 heteroatoms. The minimum atomic E-state index is -0.423. The van der Waals surface area contributed by atoms with Gasteiger partial charge >= 0.3 is 0 Å². The van der Waals surface area contributed by atoms with Gasteiger partial charge in [-0.15, -0.1) is 0 Å². The summed E-state index contributed by atoms with van der Waals surface area (Å²) in [5.41, 5.74) is 7.72. The number of primary amides is 1. The maximum absolute atomic E-state index is 11.1. The van der Waals surface area contributed by atoms with E-state index in [1.807, 2.05) is 25.1 Å². The average molecular weight is 321 g/mol. The summed E-state index contributed by atoms with van der Waals surface area (Å²) in [7, 11) is 0. The molecule has 0 saturated heterocycles. The standard InChI is InChI=1S/C14H13BrN2O2/c1-9-6-10(14(16)18)2-3-11(9)8-19-12-4-5-13(15)17-7-12/h2-7H,8H2,1H3,(H2,16,18). The third kappa shape index (κ3) is 3.54. The quantitative estimate of drug-likeness (QED) is 0.881. The zero-order valence-corrected chi connectivity index (χ0v) is 12.0. The molecule has 0 atom stereocenters. The number of aryl methyl sites for hydroxylation is 1. The van der Waals surface area contributed by atoms with Crippen molar-refractivity contribution in [3.8, 4) is 5.75 Å². The number of nitrogens with two attached hydrogens (primary N) is 1. The smallest absolute Gasteiger partial charge is 0.248 e. The van der Waals surface area contributed by atoms with Crippen molar-refractivity contribution in [2.45, 2.75) is 13.5 Å². The van der Waals surface area contributed by atoms with E-state index in [4.69, 9.17) is 10.5 Å². The molecule has 0 saturated carbocycles. The summed E-state index contributed by atoms with van der Waals surface area (Å²) in [4.78, 5) is 15.1. The van der Waals surface area contributed by atoms with Gasteiger partial charge in [0.25, 0.3) is 0 Å². The van der Waals surface area contributed by atoms with Crippen LogP contribution in [0.1, 0.15) is 21.5 Å². The normalized spacial score (nSPS) is 10.2. The number of hydrogen-bond donors (Lipinski definition) is 1. The Balaban J connectivity index is 2.07. The molecular formula is C14H13BrN2O2. The van der Waals surface area contributed by atoms with E-state index in [9.17, 15) is 4.79 Å². The Bertz CT molecular complexity index is 597. The summed E-state index contributed by atoms with van der Waals surface area (Å²) < 4.78 is 6.39. The van der Waals surface area contributed by atoms with E-state index in [1.54, 1.807) is 18.3 Å². The fourth-order valence-corrected chi connectivity index (χ4v) is 1.85. The second-order valence-corrected chi connectivity index (χ2v) is 4.92. The van der Waals surface area contributed by atoms with E-state index in [1.165, 1.54) is 0 Å². The summed E-state index contributed by atoms with van der Waals surface area (Å²) in [5.74, 6) is 0.272. The van der Waals surface area contributed by atoms with Crippen molar-refractivity contribution in [3.63, 3.8) is 0 Å². The zero-order chi connectivity index (χ0) is 13.8. The number of halogens is 1. The molecule has 2 rings (SSSR count). The molecule has 2 aromatic rings. The van der Waals surface area contributed by atoms with Gasteiger partial charge in [-0.25, -0.2) is 4.98 Å². The van der Waals surface area contributed by atoms with E-state index in [0.717, 1.165) is 15.7 Å². The Kier molecular flexibility index (Phi) is 4.16. The average Bonchev–Trinajstić information content (AvgIpc) is 2.39. The van der Waals surface area contributed by atoms with Gasteiger partial charge < -0.3 is 10.5 Å². The first-order valence-corrected chi connectivity index (χ1v) is 6.49. The highest BCUT2D eigenvalue weighted by atomic mass is 79.9. The molecule has 1 amide bonds. The number of ether oxygens (including phenoxy) is 1. The van der Waals surface area contributed by atoms with Crippen LogP contribution in [0.2, 0.25) is 0 Å². The number of aromatic nitrogens is 1. The van der Waals surface area contributed by atoms with Crippen molar-refractivity contribution >= 4 is 21.8 Å². The number of rotatable bonds is 4. The van der Waals surface area contributed by atoms with Crippen LogP contribution in [0.4, 0.5) is 0 Å². The lowest BCUT2D eigenvalue weighted by molar-refractivity contribution is 0.1000. The van der Waals surface area contributed by atoms with Gasteiger partial charge in [-0.2, -0.15) is 0 Å². The molecule has 0 aliphatic rings. The Morgan fingerprint density at radius 2 is 2.16 bits per heavy atom. The van der Waals surface area contributed by atoms with E-state index >= 15 is 0 Å². The van der Waals surface area contributed by atoms with Crippen LogP contribution in [0.3, 0.4) is 0 Å². The number of benzene rings is 1. The summed E-state index contributed by atoms with van der Waals surface area (Å²) in [6.07, 6.45) is 1.65. The SMILES string of the molecule is Cc1cc(C(N)=O)ccc1COc1ccc(Br)nc1. The predicted octanol–water partition coefficient (Wildman–Crippen LogP) is 2.83. The maximum atomic E-state index is 11.1. The van der Waals surface area contributed by atoms with Crippen molar-refractivity contribution < 1.29 is 9.53 Å². The fourth-order valence-electron chi connectivity index (χ4n) is 1.62. The minimum absolute atomic E-state index is 0.423. The lowest BCUT2D eigenvalue weighted by Crippen LogP contribution is -2.11. The Morgan fingerprint density at radius 3 is 2.74 bits per heavy atom. The van der Waals surface area contributed by atoms with Crippen molar-refractivity contribution in [3.05, 3.63) is 57.8 Å². The molecule has 0 bridgehead atoms. The molecule has 0 aliphatic carbocycles. The first-order chi connectivity index (χ1) is 9.06. The predicted molar refractivity (Wildman–Crippen MR) is 76.0 cm³/mol. The first kappa shape index (κ1) is 13.5. The first-order valence-electron chi connectivity index (χ1n) is 5.70. The number of hydrogen-bond acceptors (Lipinski definition) is 3. The van der Waals surface area contributed by atoms with E-state index < -0.39 is 5.91 Å². The zero-order valence-electron chi connectivity index (χ0n) is 10.4. The number of carbonyl (C=O) groups excluding carboxylic acids is 1. The van der Waals surface area contributed by atoms with E-state index in [0.29, 0.717) is 17.9 Å². The topological polar surface area (TPSA) is 65.2 Å². The van der Waals surface area contributed by atoms with Crippen LogP contribution in [0.5, 0.6) is 5.75 Å². The van der Waals surface area contributed by atoms with Crippen molar-refractivity contribution in [1.29, 1.82) is 0 Å². The number of amides is 1. The third-order valence-electron chi connectivity index (χ3n) is 2.72. The second-order valence-electron chi connectivity index (χ2n) is 4.11. The molecule has 0 aliphatic heterocycles. The Morgan fingerprint density at radius 1 is 1.37 bits per heavy atom. The molecule has 1 aromatic carbocycles. The number of nitrogens with zero attached hydrogens (tertiary/aromatic N) is 1. The van der Waals surface area contributed by atoms with Crippen molar-refractivity contribution in [1.82, 2.24) is 4.98 Å². The number of carbonyl (C=O) groups is 1. The molecule has 0 fully saturated rings. The fraction of sp³-hybridized carbons (Fsp3) is 0.143. The van der Waals surface area contributed by atoms with Crippen LogP contribution in [0.15, 0.2) is 41.1 Å². The second kappa shape index (κ2) is 5.84. The van der Waals surface area contributed by atoms with Crippen LogP contribution < -0.4 is 10.5 Å². The molecule has 0 unspecified atom stereocenters. The van der Waals surface area contributed by atoms with Gasteiger partial charge in [-0.1, -0.05) is 6.07 Å². The molecule has 1 heterocycles. The summed E-state index contributed by atoms with van der Waals surface area (Å²) >= 11 is 3.26. The monoisotopic (exact) mass is 320 g/mol. The molecule has 4 nitrogen and oxygen atoms in total. The number of pyridine rings is 1. The molecule has 98 valence electrons. The molecule has 2 N–H and O–H groups in total. The highest BCUT2D eigenvalue weighted by molar-refractivity contribution is 9.10. The van der Waals surface area contributed by atoms with Crippen molar-refractivity contribution in [2.75, 3.05) is 0 Å². The third-order valence-corrected chi connectivity index (χ3v) is 3.19. The molecule has 19 heavy (non-hydrogen) atoms. The van der Waals surface area contributed by atoms with Gasteiger partial charge in [-0.3, -0.25) is 4.79 Å². The van der Waals surface area contributed by atoms with Gasteiger partial charge in [0.15, 0.2) is 0 Å². The molecule has 0 radical (unpaired) electrons. The lowest BCUT2D eigenvalue weighted by atomic mass is 10.1. The van der Waals surface area contributed by atoms with Crippen LogP contribution >= 0.6 is 15.9 Å². The highest BCUT2D eigenvalue weighted by Gasteiger charge is 2.05. The molecule has 1 aromatic heterocycles. The Hall–Kier alpha value is -1.88. The Labute approximate surface area is 119 Å². The van der Waals surface area contributed by atoms with Crippen molar-refractivity contribution in [2.24, 2.45) is 5.73 Å². The lowest BCUT2D eigenvalue weighted by Gasteiger charge is -2.09. The molecular weight excluding hydrogens is 308 g/mol. The van der Waals surface area contributed by atoms with E-state index in [2.05, 4.69) is 20.9 Å². The maximum Gasteiger partial charge on any atom is 0.248 e. The van der Waals surface area contributed by atoms with Gasteiger partial charge in [0.1, 0.15) is 17.0 Å². The van der Waals surface area contributed by atoms with Gasteiger partial charge in [0.05, 0.1) is 6.20 Å². The molecule has 0 spiro atoms. The summed E-state index contributed by atoms with van der Waals surface area (Å²) in [6.45, 7) is 2.35. The summed E-state index contributed by atoms with van der Waals surface area (Å²) in [6, 6.07) is 8.97. The minimum Gasteiger partial charge on any atom is -0.487 e. The van der Waals surface area contributed by atoms with Gasteiger partial charge in [0, 0.05) is 5.56 Å². The largest absolute Gasteiger partial charge is 0.487 e. The van der Waals surface area contributed by atoms with E-state index in [-0.39, 0.29) is 0 Å². The van der Waals surface area contributed by atoms with Gasteiger partial charge in [0.2, 0.25) is 5.91 Å². The summed E-state index contributed by atoms with van der Waals surface area (Å²) in [5, 5.41) is 0.